The van der Waals surface area contributed by atoms with Crippen molar-refractivity contribution in [2.45, 2.75) is 30.3 Å². The summed E-state index contributed by atoms with van der Waals surface area (Å²) >= 11 is 1.45. The van der Waals surface area contributed by atoms with Crippen LogP contribution in [-0.2, 0) is 21.4 Å². The molecule has 1 aliphatic carbocycles. The van der Waals surface area contributed by atoms with Crippen LogP contribution in [0.2, 0.25) is 0 Å². The first-order chi connectivity index (χ1) is 12.4. The van der Waals surface area contributed by atoms with Crippen LogP contribution in [0.25, 0.3) is 0 Å². The molecule has 7 nitrogen and oxygen atoms in total. The Bertz CT molecular complexity index is 888. The fraction of sp³-hybridized carbons (Fsp3) is 0.294. The van der Waals surface area contributed by atoms with Gasteiger partial charge in [0, 0.05) is 17.0 Å². The van der Waals surface area contributed by atoms with Crippen molar-refractivity contribution in [2.24, 2.45) is 5.92 Å². The number of benzene rings is 1. The number of amides is 1. The molecular weight excluding hydrogens is 376 g/mol. The molecule has 1 unspecified atom stereocenters. The van der Waals surface area contributed by atoms with Crippen molar-refractivity contribution in [3.05, 3.63) is 52.2 Å². The lowest BCUT2D eigenvalue weighted by Gasteiger charge is -2.13. The molecule has 3 rings (SSSR count). The van der Waals surface area contributed by atoms with Gasteiger partial charge in [0.05, 0.1) is 4.90 Å². The van der Waals surface area contributed by atoms with Crippen LogP contribution in [0.1, 0.15) is 28.1 Å². The summed E-state index contributed by atoms with van der Waals surface area (Å²) in [4.78, 5) is 24.3. The lowest BCUT2D eigenvalue weighted by Crippen LogP contribution is -2.42. The number of aliphatic carboxylic acids is 1. The number of hydrogen-bond donors (Lipinski definition) is 3. The number of carboxylic acids is 1. The first kappa shape index (κ1) is 18.6. The second-order valence-electron chi connectivity index (χ2n) is 6.06. The van der Waals surface area contributed by atoms with E-state index in [4.69, 9.17) is 5.11 Å². The van der Waals surface area contributed by atoms with Gasteiger partial charge >= 0.3 is 5.97 Å². The molecule has 0 saturated heterocycles. The minimum atomic E-state index is -3.69. The first-order valence-corrected chi connectivity index (χ1v) is 10.4. The summed E-state index contributed by atoms with van der Waals surface area (Å²) in [5, 5.41) is 13.5. The van der Waals surface area contributed by atoms with E-state index < -0.39 is 27.9 Å². The molecule has 1 heterocycles. The molecule has 1 aliphatic rings. The molecule has 3 N–H and O–H groups in total. The summed E-state index contributed by atoms with van der Waals surface area (Å²) < 4.78 is 27.1. The molecule has 1 aromatic heterocycles. The van der Waals surface area contributed by atoms with Crippen LogP contribution in [0, 0.1) is 5.92 Å². The number of carbonyl (C=O) groups excluding carboxylic acids is 1. The number of carbonyl (C=O) groups is 2. The van der Waals surface area contributed by atoms with E-state index >= 15 is 0 Å². The number of hydrogen-bond acceptors (Lipinski definition) is 5. The number of sulfonamides is 1. The number of nitrogens with one attached hydrogen (secondary N) is 2. The highest BCUT2D eigenvalue weighted by Crippen LogP contribution is 2.32. The van der Waals surface area contributed by atoms with Crippen molar-refractivity contribution in [3.8, 4) is 0 Å². The van der Waals surface area contributed by atoms with Crippen molar-refractivity contribution in [3.63, 3.8) is 0 Å². The molecule has 2 aromatic rings. The third-order valence-electron chi connectivity index (χ3n) is 4.09. The van der Waals surface area contributed by atoms with Crippen molar-refractivity contribution >= 4 is 33.2 Å². The second kappa shape index (κ2) is 7.56. The van der Waals surface area contributed by atoms with Gasteiger partial charge in [-0.1, -0.05) is 6.07 Å². The summed E-state index contributed by atoms with van der Waals surface area (Å²) in [6.07, 6.45) is 1.56. The molecule has 1 saturated carbocycles. The predicted octanol–water partition coefficient (Wildman–Crippen LogP) is 1.82. The van der Waals surface area contributed by atoms with Crippen LogP contribution in [0.15, 0.2) is 46.7 Å². The van der Waals surface area contributed by atoms with Crippen LogP contribution in [0.4, 0.5) is 0 Å². The van der Waals surface area contributed by atoms with E-state index in [9.17, 15) is 18.0 Å². The molecule has 0 spiro atoms. The van der Waals surface area contributed by atoms with E-state index in [0.29, 0.717) is 0 Å². The molecule has 0 aliphatic heterocycles. The van der Waals surface area contributed by atoms with Gasteiger partial charge in [-0.15, -0.1) is 11.3 Å². The average molecular weight is 394 g/mol. The fourth-order valence-electron chi connectivity index (χ4n) is 2.48. The molecule has 9 heteroatoms. The quantitative estimate of drug-likeness (QED) is 0.632. The van der Waals surface area contributed by atoms with Gasteiger partial charge in [-0.05, 0) is 54.5 Å². The highest BCUT2D eigenvalue weighted by molar-refractivity contribution is 7.89. The Hall–Kier alpha value is -2.23. The van der Waals surface area contributed by atoms with Crippen molar-refractivity contribution in [1.82, 2.24) is 10.0 Å². The minimum Gasteiger partial charge on any atom is -0.480 e. The van der Waals surface area contributed by atoms with E-state index in [2.05, 4.69) is 10.0 Å². The molecule has 1 atom stereocenters. The van der Waals surface area contributed by atoms with Gasteiger partial charge in [0.2, 0.25) is 10.0 Å². The summed E-state index contributed by atoms with van der Waals surface area (Å²) in [7, 11) is -3.69. The van der Waals surface area contributed by atoms with Gasteiger partial charge in [-0.2, -0.15) is 0 Å². The zero-order chi connectivity index (χ0) is 18.7. The standard InChI is InChI=1S/C17H18N2O5S2/c20-16(19-15(17(21)22)11-3-4-11)12-5-7-14(8-6-12)26(23,24)18-10-13-2-1-9-25-13/h1-2,5-9,11,15,18H,3-4,10H2,(H,19,20)(H,21,22). The smallest absolute Gasteiger partial charge is 0.326 e. The molecule has 0 bridgehead atoms. The van der Waals surface area contributed by atoms with E-state index in [1.807, 2.05) is 17.5 Å². The van der Waals surface area contributed by atoms with Crippen LogP contribution >= 0.6 is 11.3 Å². The third kappa shape index (κ3) is 4.48. The normalized spacial score (nSPS) is 15.4. The molecule has 0 radical (unpaired) electrons. The summed E-state index contributed by atoms with van der Waals surface area (Å²) in [5.41, 5.74) is 0.217. The number of thiophene rings is 1. The van der Waals surface area contributed by atoms with E-state index in [0.717, 1.165) is 17.7 Å². The summed E-state index contributed by atoms with van der Waals surface area (Å²) in [5.74, 6) is -1.62. The predicted molar refractivity (Wildman–Crippen MR) is 96.4 cm³/mol. The summed E-state index contributed by atoms with van der Waals surface area (Å²) in [6, 6.07) is 8.18. The van der Waals surface area contributed by atoms with Crippen molar-refractivity contribution < 1.29 is 23.1 Å². The Kier molecular flexibility index (Phi) is 5.40. The van der Waals surface area contributed by atoms with Gasteiger partial charge in [0.1, 0.15) is 6.04 Å². The van der Waals surface area contributed by atoms with Crippen molar-refractivity contribution in [2.75, 3.05) is 0 Å². The molecule has 138 valence electrons. The molecule has 1 amide bonds. The Morgan fingerprint density at radius 3 is 2.42 bits per heavy atom. The Balaban J connectivity index is 1.65. The largest absolute Gasteiger partial charge is 0.480 e. The highest BCUT2D eigenvalue weighted by Gasteiger charge is 2.37. The van der Waals surface area contributed by atoms with Gasteiger partial charge in [-0.25, -0.2) is 17.9 Å². The lowest BCUT2D eigenvalue weighted by molar-refractivity contribution is -0.139. The van der Waals surface area contributed by atoms with Crippen LogP contribution in [0.5, 0.6) is 0 Å². The molecule has 1 fully saturated rings. The lowest BCUT2D eigenvalue weighted by atomic mass is 10.1. The van der Waals surface area contributed by atoms with Gasteiger partial charge in [-0.3, -0.25) is 4.79 Å². The van der Waals surface area contributed by atoms with E-state index in [1.165, 1.54) is 35.6 Å². The number of rotatable bonds is 8. The van der Waals surface area contributed by atoms with Crippen LogP contribution in [-0.4, -0.2) is 31.4 Å². The SMILES string of the molecule is O=C(NC(C(=O)O)C1CC1)c1ccc(S(=O)(=O)NCc2cccs2)cc1. The molecule has 26 heavy (non-hydrogen) atoms. The maximum absolute atomic E-state index is 12.3. The maximum Gasteiger partial charge on any atom is 0.326 e. The minimum absolute atomic E-state index is 0.0300. The van der Waals surface area contributed by atoms with Gasteiger partial charge in [0.15, 0.2) is 0 Å². The van der Waals surface area contributed by atoms with Crippen LogP contribution in [0.3, 0.4) is 0 Å². The monoisotopic (exact) mass is 394 g/mol. The van der Waals surface area contributed by atoms with E-state index in [-0.39, 0.29) is 22.9 Å². The highest BCUT2D eigenvalue weighted by atomic mass is 32.2. The van der Waals surface area contributed by atoms with E-state index in [1.54, 1.807) is 0 Å². The number of carboxylic acid groups (broad SMARTS) is 1. The third-order valence-corrected chi connectivity index (χ3v) is 6.38. The molecular formula is C17H18N2O5S2. The maximum atomic E-state index is 12.3. The summed E-state index contributed by atoms with van der Waals surface area (Å²) in [6.45, 7) is 0.198. The fourth-order valence-corrected chi connectivity index (χ4v) is 4.23. The van der Waals surface area contributed by atoms with Crippen molar-refractivity contribution in [1.29, 1.82) is 0 Å². The molecule has 1 aromatic carbocycles. The zero-order valence-corrected chi connectivity index (χ0v) is 15.3. The Morgan fingerprint density at radius 1 is 1.19 bits per heavy atom. The second-order valence-corrected chi connectivity index (χ2v) is 8.85. The van der Waals surface area contributed by atoms with Gasteiger partial charge in [0.25, 0.3) is 5.91 Å². The van der Waals surface area contributed by atoms with Crippen LogP contribution < -0.4 is 10.0 Å². The first-order valence-electron chi connectivity index (χ1n) is 8.02. The Labute approximate surface area is 155 Å². The zero-order valence-electron chi connectivity index (χ0n) is 13.7. The Morgan fingerprint density at radius 2 is 1.88 bits per heavy atom. The topological polar surface area (TPSA) is 113 Å². The van der Waals surface area contributed by atoms with Gasteiger partial charge < -0.3 is 10.4 Å². The average Bonchev–Trinajstić information content (AvgIpc) is 3.32.